The van der Waals surface area contributed by atoms with E-state index < -0.39 is 8.60 Å². The molecule has 0 radical (unpaired) electrons. The molecule has 0 saturated carbocycles. The predicted molar refractivity (Wildman–Crippen MR) is 209 cm³/mol. The molecule has 3 unspecified atom stereocenters. The lowest BCUT2D eigenvalue weighted by Gasteiger charge is -2.38. The third kappa shape index (κ3) is 10.3. The lowest BCUT2D eigenvalue weighted by molar-refractivity contribution is 0.114. The maximum absolute atomic E-state index is 7.00. The van der Waals surface area contributed by atoms with Gasteiger partial charge in [0.2, 0.25) is 0 Å². The molecular formula is C41H62IO3P. The number of halogens is 1. The minimum Gasteiger partial charge on any atom is -0.418 e. The standard InChI is InChI=1S/C41H62IO3P/c1-36(2,3)27-18-20-34(32(25-27)39(10,11)12)44-46(43-31-23-29(37(4,5)6)22-30(24-31)38(7,8)9)45-35-21-19-28(41(16,17)42)26-33(35)40(13,14)15/h18-26,33,35H,1-17H3. The summed E-state index contributed by atoms with van der Waals surface area (Å²) >= 11 is 2.53. The minimum atomic E-state index is -1.83. The van der Waals surface area contributed by atoms with Gasteiger partial charge >= 0.3 is 8.60 Å². The van der Waals surface area contributed by atoms with Gasteiger partial charge in [0.25, 0.3) is 0 Å². The van der Waals surface area contributed by atoms with E-state index >= 15 is 0 Å². The third-order valence-electron chi connectivity index (χ3n) is 8.72. The molecule has 0 heterocycles. The van der Waals surface area contributed by atoms with E-state index in [1.54, 1.807) is 0 Å². The lowest BCUT2D eigenvalue weighted by Crippen LogP contribution is -2.34. The Hall–Kier alpha value is -1.36. The minimum absolute atomic E-state index is 0.0215. The number of benzene rings is 2. The van der Waals surface area contributed by atoms with Crippen LogP contribution in [0, 0.1) is 11.3 Å². The summed E-state index contributed by atoms with van der Waals surface area (Å²) in [6, 6.07) is 13.3. The Morgan fingerprint density at radius 1 is 0.609 bits per heavy atom. The van der Waals surface area contributed by atoms with Crippen molar-refractivity contribution in [2.75, 3.05) is 0 Å². The average Bonchev–Trinajstić information content (AvgIpc) is 2.85. The summed E-state index contributed by atoms with van der Waals surface area (Å²) in [5.74, 6) is 1.74. The fourth-order valence-electron chi connectivity index (χ4n) is 5.41. The van der Waals surface area contributed by atoms with Crippen molar-refractivity contribution in [2.45, 2.75) is 149 Å². The molecule has 3 nitrogen and oxygen atoms in total. The largest absolute Gasteiger partial charge is 0.463 e. The van der Waals surface area contributed by atoms with Crippen LogP contribution in [-0.4, -0.2) is 9.53 Å². The molecule has 2 aromatic rings. The summed E-state index contributed by atoms with van der Waals surface area (Å²) in [4.78, 5) is 0. The average molecular weight is 761 g/mol. The van der Waals surface area contributed by atoms with Gasteiger partial charge in [-0.05, 0) is 81.4 Å². The van der Waals surface area contributed by atoms with Crippen LogP contribution in [0.4, 0.5) is 0 Å². The van der Waals surface area contributed by atoms with Crippen LogP contribution in [0.25, 0.3) is 0 Å². The van der Waals surface area contributed by atoms with Gasteiger partial charge in [0.05, 0.1) is 6.10 Å². The van der Waals surface area contributed by atoms with Crippen LogP contribution in [0.1, 0.15) is 140 Å². The van der Waals surface area contributed by atoms with Crippen molar-refractivity contribution in [2.24, 2.45) is 11.3 Å². The topological polar surface area (TPSA) is 27.7 Å². The highest BCUT2D eigenvalue weighted by Crippen LogP contribution is 2.51. The van der Waals surface area contributed by atoms with Gasteiger partial charge in [-0.2, -0.15) is 0 Å². The van der Waals surface area contributed by atoms with Gasteiger partial charge in [-0.3, -0.25) is 4.52 Å². The van der Waals surface area contributed by atoms with E-state index in [0.29, 0.717) is 0 Å². The van der Waals surface area contributed by atoms with Gasteiger partial charge in [-0.1, -0.05) is 163 Å². The van der Waals surface area contributed by atoms with Crippen molar-refractivity contribution in [3.8, 4) is 11.5 Å². The molecule has 2 aromatic carbocycles. The Balaban J connectivity index is 2.17. The molecule has 0 N–H and O–H groups in total. The first-order valence-corrected chi connectivity index (χ1v) is 19.0. The molecule has 0 aliphatic heterocycles. The normalized spacial score (nSPS) is 19.1. The Kier molecular flexibility index (Phi) is 11.5. The van der Waals surface area contributed by atoms with Crippen LogP contribution in [0.3, 0.4) is 0 Å². The number of hydrogen-bond donors (Lipinski definition) is 0. The molecule has 3 atom stereocenters. The van der Waals surface area contributed by atoms with Gasteiger partial charge in [-0.15, -0.1) is 0 Å². The van der Waals surface area contributed by atoms with Crippen molar-refractivity contribution < 1.29 is 13.6 Å². The monoisotopic (exact) mass is 760 g/mol. The third-order valence-corrected chi connectivity index (χ3v) is 10.5. The summed E-state index contributed by atoms with van der Waals surface area (Å²) in [5.41, 5.74) is 6.01. The van der Waals surface area contributed by atoms with Gasteiger partial charge in [0.15, 0.2) is 0 Å². The van der Waals surface area contributed by atoms with E-state index in [2.05, 4.69) is 195 Å². The highest BCUT2D eigenvalue weighted by atomic mass is 127. The Morgan fingerprint density at radius 3 is 1.57 bits per heavy atom. The van der Waals surface area contributed by atoms with Crippen LogP contribution in [0.15, 0.2) is 60.2 Å². The maximum atomic E-state index is 7.00. The van der Waals surface area contributed by atoms with E-state index in [4.69, 9.17) is 13.6 Å². The summed E-state index contributed by atoms with van der Waals surface area (Å²) in [5, 5.41) is 0. The molecule has 3 rings (SSSR count). The summed E-state index contributed by atoms with van der Waals surface area (Å²) in [7, 11) is -1.83. The van der Waals surface area contributed by atoms with Crippen LogP contribution < -0.4 is 9.05 Å². The van der Waals surface area contributed by atoms with Gasteiger partial charge in [0, 0.05) is 14.9 Å². The summed E-state index contributed by atoms with van der Waals surface area (Å²) in [6.45, 7) is 38.4. The lowest BCUT2D eigenvalue weighted by atomic mass is 9.73. The molecule has 0 bridgehead atoms. The molecule has 0 aromatic heterocycles. The van der Waals surface area contributed by atoms with Crippen molar-refractivity contribution in [1.29, 1.82) is 0 Å². The first kappa shape index (κ1) is 39.1. The number of allylic oxidation sites excluding steroid dienone is 2. The van der Waals surface area contributed by atoms with Crippen molar-refractivity contribution in [1.82, 2.24) is 0 Å². The van der Waals surface area contributed by atoms with E-state index in [0.717, 1.165) is 17.1 Å². The van der Waals surface area contributed by atoms with Gasteiger partial charge < -0.3 is 9.05 Å². The second-order valence-corrected chi connectivity index (χ2v) is 22.5. The predicted octanol–water partition coefficient (Wildman–Crippen LogP) is 13.3. The summed E-state index contributed by atoms with van der Waals surface area (Å²) in [6.07, 6.45) is 6.64. The Morgan fingerprint density at radius 2 is 1.13 bits per heavy atom. The van der Waals surface area contributed by atoms with E-state index in [9.17, 15) is 0 Å². The molecule has 1 aliphatic rings. The molecule has 0 fully saturated rings. The first-order chi connectivity index (χ1) is 20.6. The molecular weight excluding hydrogens is 698 g/mol. The van der Waals surface area contributed by atoms with Crippen LogP contribution >= 0.6 is 31.2 Å². The second kappa shape index (κ2) is 13.5. The molecule has 0 saturated heterocycles. The van der Waals surface area contributed by atoms with Crippen molar-refractivity contribution in [3.63, 3.8) is 0 Å². The fourth-order valence-corrected chi connectivity index (χ4v) is 6.89. The highest BCUT2D eigenvalue weighted by Gasteiger charge is 2.38. The van der Waals surface area contributed by atoms with E-state index in [-0.39, 0.29) is 42.5 Å². The van der Waals surface area contributed by atoms with E-state index in [1.165, 1.54) is 22.3 Å². The van der Waals surface area contributed by atoms with Crippen LogP contribution in [-0.2, 0) is 26.2 Å². The summed E-state index contributed by atoms with van der Waals surface area (Å²) < 4.78 is 20.8. The zero-order chi connectivity index (χ0) is 35.3. The smallest absolute Gasteiger partial charge is 0.418 e. The Bertz CT molecular complexity index is 1390. The van der Waals surface area contributed by atoms with Crippen molar-refractivity contribution in [3.05, 3.63) is 82.5 Å². The first-order valence-electron chi connectivity index (χ1n) is 16.8. The molecule has 0 amide bonds. The van der Waals surface area contributed by atoms with Crippen LogP contribution in [0.2, 0.25) is 0 Å². The SMILES string of the molecule is CC(C)(I)C1=CC(C(C)(C)C)C(OP(Oc2cc(C(C)(C)C)cc(C(C)(C)C)c2)Oc2ccc(C(C)(C)C)cc2C(C)(C)C)C=C1. The quantitative estimate of drug-likeness (QED) is 0.160. The molecule has 46 heavy (non-hydrogen) atoms. The molecule has 1 aliphatic carbocycles. The fraction of sp³-hybridized carbons (Fsp3) is 0.610. The van der Waals surface area contributed by atoms with Gasteiger partial charge in [0.1, 0.15) is 11.5 Å². The number of hydrogen-bond acceptors (Lipinski definition) is 3. The number of alkyl halides is 1. The second-order valence-electron chi connectivity index (χ2n) is 18.8. The molecule has 256 valence electrons. The molecule has 0 spiro atoms. The van der Waals surface area contributed by atoms with E-state index in [1.807, 2.05) is 0 Å². The number of rotatable bonds is 7. The van der Waals surface area contributed by atoms with Crippen LogP contribution in [0.5, 0.6) is 11.5 Å². The van der Waals surface area contributed by atoms with Crippen molar-refractivity contribution >= 4 is 31.2 Å². The zero-order valence-electron chi connectivity index (χ0n) is 31.9. The molecule has 5 heteroatoms. The van der Waals surface area contributed by atoms with Gasteiger partial charge in [-0.25, -0.2) is 0 Å². The zero-order valence-corrected chi connectivity index (χ0v) is 35.0. The maximum Gasteiger partial charge on any atom is 0.463 e. The Labute approximate surface area is 297 Å². The highest BCUT2D eigenvalue weighted by molar-refractivity contribution is 14.1.